The van der Waals surface area contributed by atoms with Gasteiger partial charge in [0, 0.05) is 26.2 Å². The third kappa shape index (κ3) is 4.53. The fourth-order valence-corrected chi connectivity index (χ4v) is 3.37. The lowest BCUT2D eigenvalue weighted by molar-refractivity contribution is -0.128. The zero-order valence-corrected chi connectivity index (χ0v) is 13.9. The number of ether oxygens (including phenoxy) is 2. The molecule has 0 unspecified atom stereocenters. The summed E-state index contributed by atoms with van der Waals surface area (Å²) in [6.07, 6.45) is 3.23. The summed E-state index contributed by atoms with van der Waals surface area (Å²) in [5.74, 6) is -0.404. The van der Waals surface area contributed by atoms with Gasteiger partial charge in [-0.2, -0.15) is 0 Å². The summed E-state index contributed by atoms with van der Waals surface area (Å²) in [7, 11) is 0. The van der Waals surface area contributed by atoms with Gasteiger partial charge in [0.1, 0.15) is 11.9 Å². The van der Waals surface area contributed by atoms with E-state index in [2.05, 4.69) is 10.2 Å². The van der Waals surface area contributed by atoms with Crippen molar-refractivity contribution in [3.63, 3.8) is 0 Å². The number of amides is 1. The minimum atomic E-state index is -0.478. The molecule has 1 aromatic rings. The number of hydrogen-bond acceptors (Lipinski definition) is 4. The lowest BCUT2D eigenvalue weighted by Crippen LogP contribution is -2.46. The monoisotopic (exact) mass is 336 g/mol. The molecule has 6 heteroatoms. The minimum absolute atomic E-state index is 0.0829. The highest BCUT2D eigenvalue weighted by atomic mass is 19.1. The number of benzene rings is 1. The molecule has 0 aliphatic carbocycles. The molecule has 1 amide bonds. The van der Waals surface area contributed by atoms with Crippen LogP contribution >= 0.6 is 0 Å². The second-order valence-electron chi connectivity index (χ2n) is 6.32. The van der Waals surface area contributed by atoms with Crippen molar-refractivity contribution < 1.29 is 18.7 Å². The molecule has 2 fully saturated rings. The Labute approximate surface area is 142 Å². The van der Waals surface area contributed by atoms with Gasteiger partial charge in [-0.3, -0.25) is 9.69 Å². The highest BCUT2D eigenvalue weighted by Gasteiger charge is 2.29. The van der Waals surface area contributed by atoms with E-state index in [0.29, 0.717) is 38.4 Å². The van der Waals surface area contributed by atoms with E-state index in [0.717, 1.165) is 25.9 Å². The predicted molar refractivity (Wildman–Crippen MR) is 88.1 cm³/mol. The number of morpholine rings is 1. The Kier molecular flexibility index (Phi) is 6.18. The van der Waals surface area contributed by atoms with E-state index in [1.165, 1.54) is 12.1 Å². The Bertz CT molecular complexity index is 543. The minimum Gasteiger partial charge on any atom is -0.379 e. The summed E-state index contributed by atoms with van der Waals surface area (Å²) in [6, 6.07) is 5.82. The van der Waals surface area contributed by atoms with Crippen molar-refractivity contribution in [2.75, 3.05) is 39.5 Å². The van der Waals surface area contributed by atoms with Crippen molar-refractivity contribution in [3.05, 3.63) is 35.6 Å². The van der Waals surface area contributed by atoms with Crippen molar-refractivity contribution in [3.8, 4) is 0 Å². The van der Waals surface area contributed by atoms with Gasteiger partial charge in [0.05, 0.1) is 19.3 Å². The van der Waals surface area contributed by atoms with Crippen molar-refractivity contribution in [1.82, 2.24) is 10.2 Å². The second-order valence-corrected chi connectivity index (χ2v) is 6.32. The van der Waals surface area contributed by atoms with Gasteiger partial charge in [-0.1, -0.05) is 12.1 Å². The van der Waals surface area contributed by atoms with Gasteiger partial charge in [-0.15, -0.1) is 0 Å². The third-order valence-corrected chi connectivity index (χ3v) is 4.61. The smallest absolute Gasteiger partial charge is 0.241 e. The molecule has 0 radical (unpaired) electrons. The summed E-state index contributed by atoms with van der Waals surface area (Å²) in [6.45, 7) is 3.92. The summed E-state index contributed by atoms with van der Waals surface area (Å²) in [4.78, 5) is 14.8. The molecule has 24 heavy (non-hydrogen) atoms. The van der Waals surface area contributed by atoms with Crippen LogP contribution in [0.2, 0.25) is 0 Å². The lowest BCUT2D eigenvalue weighted by Gasteiger charge is -2.33. The molecular formula is C18H25FN2O3. The first-order chi connectivity index (χ1) is 11.7. The predicted octanol–water partition coefficient (Wildman–Crippen LogP) is 1.88. The van der Waals surface area contributed by atoms with Crippen LogP contribution in [0.1, 0.15) is 30.9 Å². The Balaban J connectivity index is 1.64. The molecule has 0 saturated carbocycles. The van der Waals surface area contributed by atoms with Gasteiger partial charge in [-0.25, -0.2) is 4.39 Å². The maximum Gasteiger partial charge on any atom is 0.241 e. The van der Waals surface area contributed by atoms with Crippen LogP contribution in [0.3, 0.4) is 0 Å². The van der Waals surface area contributed by atoms with Crippen LogP contribution in [0, 0.1) is 5.82 Å². The first kappa shape index (κ1) is 17.3. The molecular weight excluding hydrogens is 311 g/mol. The maximum atomic E-state index is 13.6. The van der Waals surface area contributed by atoms with E-state index in [1.807, 2.05) is 6.07 Å². The topological polar surface area (TPSA) is 50.8 Å². The van der Waals surface area contributed by atoms with Gasteiger partial charge >= 0.3 is 0 Å². The molecule has 132 valence electrons. The lowest BCUT2D eigenvalue weighted by atomic mass is 10.0. The summed E-state index contributed by atoms with van der Waals surface area (Å²) < 4.78 is 24.6. The Morgan fingerprint density at radius 2 is 2.17 bits per heavy atom. The molecule has 2 atom stereocenters. The third-order valence-electron chi connectivity index (χ3n) is 4.61. The fraction of sp³-hybridized carbons (Fsp3) is 0.611. The molecule has 2 heterocycles. The summed E-state index contributed by atoms with van der Waals surface area (Å²) >= 11 is 0. The van der Waals surface area contributed by atoms with Crippen LogP contribution in [0.4, 0.5) is 4.39 Å². The van der Waals surface area contributed by atoms with Crippen LogP contribution in [0.5, 0.6) is 0 Å². The molecule has 2 saturated heterocycles. The Morgan fingerprint density at radius 3 is 2.88 bits per heavy atom. The van der Waals surface area contributed by atoms with E-state index < -0.39 is 6.04 Å². The first-order valence-corrected chi connectivity index (χ1v) is 8.70. The number of hydrogen-bond donors (Lipinski definition) is 1. The molecule has 3 rings (SSSR count). The van der Waals surface area contributed by atoms with Gasteiger partial charge in [-0.05, 0) is 37.0 Å². The van der Waals surface area contributed by atoms with Gasteiger partial charge in [0.25, 0.3) is 0 Å². The number of halogens is 1. The average molecular weight is 336 g/mol. The van der Waals surface area contributed by atoms with Crippen molar-refractivity contribution in [2.45, 2.75) is 31.4 Å². The van der Waals surface area contributed by atoms with Gasteiger partial charge in [0.15, 0.2) is 0 Å². The van der Waals surface area contributed by atoms with Crippen LogP contribution in [-0.4, -0.2) is 56.4 Å². The molecule has 0 spiro atoms. The van der Waals surface area contributed by atoms with E-state index in [1.54, 1.807) is 6.07 Å². The van der Waals surface area contributed by atoms with E-state index in [9.17, 15) is 9.18 Å². The molecule has 2 aliphatic rings. The Hall–Kier alpha value is -1.50. The molecule has 0 aromatic heterocycles. The van der Waals surface area contributed by atoms with Crippen molar-refractivity contribution in [1.29, 1.82) is 0 Å². The van der Waals surface area contributed by atoms with Crippen LogP contribution in [-0.2, 0) is 14.3 Å². The fourth-order valence-electron chi connectivity index (χ4n) is 3.37. The highest BCUT2D eigenvalue weighted by Crippen LogP contribution is 2.23. The van der Waals surface area contributed by atoms with Crippen LogP contribution < -0.4 is 5.32 Å². The van der Waals surface area contributed by atoms with Crippen LogP contribution in [0.25, 0.3) is 0 Å². The number of rotatable bonds is 6. The van der Waals surface area contributed by atoms with E-state index in [4.69, 9.17) is 9.47 Å². The first-order valence-electron chi connectivity index (χ1n) is 8.70. The summed E-state index contributed by atoms with van der Waals surface area (Å²) in [5, 5.41) is 3.00. The largest absolute Gasteiger partial charge is 0.379 e. The second kappa shape index (κ2) is 8.55. The van der Waals surface area contributed by atoms with Crippen molar-refractivity contribution >= 4 is 5.91 Å². The normalized spacial score (nSPS) is 23.1. The SMILES string of the molecule is O=C(NCC[C@@H]1CCCO1)[C@@H](c1cccc(F)c1)N1CCOCC1. The van der Waals surface area contributed by atoms with Gasteiger partial charge in [0.2, 0.25) is 5.91 Å². The van der Waals surface area contributed by atoms with Crippen LogP contribution in [0.15, 0.2) is 24.3 Å². The molecule has 1 N–H and O–H groups in total. The van der Waals surface area contributed by atoms with Crippen molar-refractivity contribution in [2.24, 2.45) is 0 Å². The molecule has 0 bridgehead atoms. The number of nitrogens with zero attached hydrogens (tertiary/aromatic N) is 1. The highest BCUT2D eigenvalue weighted by molar-refractivity contribution is 5.83. The number of nitrogens with one attached hydrogen (secondary N) is 1. The standard InChI is InChI=1S/C18H25FN2O3/c19-15-4-1-3-14(13-15)17(21-8-11-23-12-9-21)18(22)20-7-6-16-5-2-10-24-16/h1,3-4,13,16-17H,2,5-12H2,(H,20,22)/t16-,17+/m0/s1. The van der Waals surface area contributed by atoms with E-state index in [-0.39, 0.29) is 17.8 Å². The maximum absolute atomic E-state index is 13.6. The van der Waals surface area contributed by atoms with Gasteiger partial charge < -0.3 is 14.8 Å². The number of carbonyl (C=O) groups excluding carboxylic acids is 1. The summed E-state index contributed by atoms with van der Waals surface area (Å²) in [5.41, 5.74) is 0.687. The zero-order valence-electron chi connectivity index (χ0n) is 13.9. The zero-order chi connectivity index (χ0) is 16.8. The molecule has 1 aromatic carbocycles. The molecule has 5 nitrogen and oxygen atoms in total. The number of carbonyl (C=O) groups is 1. The Morgan fingerprint density at radius 1 is 1.33 bits per heavy atom. The average Bonchev–Trinajstić information content (AvgIpc) is 3.10. The van der Waals surface area contributed by atoms with E-state index >= 15 is 0 Å². The molecule has 2 aliphatic heterocycles. The quantitative estimate of drug-likeness (QED) is 0.862.